The van der Waals surface area contributed by atoms with Gasteiger partial charge < -0.3 is 11.1 Å². The predicted octanol–water partition coefficient (Wildman–Crippen LogP) is 1.50. The van der Waals surface area contributed by atoms with E-state index < -0.39 is 17.6 Å². The molecule has 0 fully saturated rings. The third-order valence-corrected chi connectivity index (χ3v) is 2.65. The van der Waals surface area contributed by atoms with Crippen molar-refractivity contribution in [3.63, 3.8) is 0 Å². The minimum absolute atomic E-state index is 0.00468. The summed E-state index contributed by atoms with van der Waals surface area (Å²) in [4.78, 5) is 26.5. The van der Waals surface area contributed by atoms with Crippen LogP contribution in [0.4, 0.5) is 10.1 Å². The molecule has 1 aromatic heterocycles. The number of carbonyl (C=O) groups excluding carboxylic acids is 2. The molecule has 0 spiro atoms. The minimum atomic E-state index is -0.711. The lowest BCUT2D eigenvalue weighted by Crippen LogP contribution is -2.18. The Morgan fingerprint density at radius 3 is 2.70 bits per heavy atom. The van der Waals surface area contributed by atoms with Crippen LogP contribution in [-0.4, -0.2) is 16.8 Å². The van der Waals surface area contributed by atoms with Crippen LogP contribution in [0.3, 0.4) is 0 Å². The molecule has 5 nitrogen and oxygen atoms in total. The summed E-state index contributed by atoms with van der Waals surface area (Å²) in [5.41, 5.74) is 6.02. The summed E-state index contributed by atoms with van der Waals surface area (Å²) in [5, 5.41) is 2.56. The first-order valence-electron chi connectivity index (χ1n) is 5.85. The van der Waals surface area contributed by atoms with Crippen molar-refractivity contribution in [1.29, 1.82) is 0 Å². The molecule has 0 aliphatic carbocycles. The van der Waals surface area contributed by atoms with Gasteiger partial charge >= 0.3 is 0 Å². The summed E-state index contributed by atoms with van der Waals surface area (Å²) >= 11 is 0. The van der Waals surface area contributed by atoms with Crippen molar-refractivity contribution < 1.29 is 14.0 Å². The molecule has 2 amide bonds. The lowest BCUT2D eigenvalue weighted by Gasteiger charge is -2.10. The Morgan fingerprint density at radius 1 is 1.25 bits per heavy atom. The molecule has 2 aromatic rings. The second kappa shape index (κ2) is 5.92. The van der Waals surface area contributed by atoms with Crippen molar-refractivity contribution in [1.82, 2.24) is 4.98 Å². The summed E-state index contributed by atoms with van der Waals surface area (Å²) in [6.45, 7) is 0. The zero-order chi connectivity index (χ0) is 14.5. The lowest BCUT2D eigenvalue weighted by atomic mass is 10.1. The largest absolute Gasteiger partial charge is 0.369 e. The first-order valence-corrected chi connectivity index (χ1v) is 5.85. The molecule has 0 aliphatic heterocycles. The number of hydrogen-bond donors (Lipinski definition) is 2. The molecule has 3 N–H and O–H groups in total. The SMILES string of the molecule is NC(=O)Cc1ccccc1NC(=O)c1ccncc1F. The zero-order valence-electron chi connectivity index (χ0n) is 10.5. The molecule has 0 unspecified atom stereocenters. The van der Waals surface area contributed by atoms with E-state index in [1.165, 1.54) is 12.3 Å². The molecular formula is C14H12FN3O2. The Morgan fingerprint density at radius 2 is 2.00 bits per heavy atom. The average Bonchev–Trinajstić information content (AvgIpc) is 2.41. The standard InChI is InChI=1S/C14H12FN3O2/c15-11-8-17-6-5-10(11)14(20)18-12-4-2-1-3-9(12)7-13(16)19/h1-6,8H,7H2,(H2,16,19)(H,18,20). The fourth-order valence-electron chi connectivity index (χ4n) is 1.73. The molecular weight excluding hydrogens is 261 g/mol. The summed E-state index contributed by atoms with van der Waals surface area (Å²) in [6, 6.07) is 7.99. The highest BCUT2D eigenvalue weighted by Gasteiger charge is 2.13. The van der Waals surface area contributed by atoms with Gasteiger partial charge in [0.25, 0.3) is 5.91 Å². The van der Waals surface area contributed by atoms with Gasteiger partial charge in [0.15, 0.2) is 5.82 Å². The Hall–Kier alpha value is -2.76. The van der Waals surface area contributed by atoms with Gasteiger partial charge in [0.2, 0.25) is 5.91 Å². The third kappa shape index (κ3) is 3.17. The third-order valence-electron chi connectivity index (χ3n) is 2.65. The number of nitrogens with one attached hydrogen (secondary N) is 1. The van der Waals surface area contributed by atoms with Gasteiger partial charge in [-0.25, -0.2) is 4.39 Å². The maximum Gasteiger partial charge on any atom is 0.258 e. The van der Waals surface area contributed by atoms with Crippen LogP contribution in [0.2, 0.25) is 0 Å². The van der Waals surface area contributed by atoms with E-state index in [1.807, 2.05) is 0 Å². The van der Waals surface area contributed by atoms with E-state index in [-0.39, 0.29) is 12.0 Å². The number of carbonyl (C=O) groups is 2. The van der Waals surface area contributed by atoms with Crippen LogP contribution in [0.5, 0.6) is 0 Å². The molecule has 2 rings (SSSR count). The Bertz CT molecular complexity index is 658. The number of nitrogens with two attached hydrogens (primary N) is 1. The summed E-state index contributed by atoms with van der Waals surface area (Å²) in [6.07, 6.45) is 2.28. The van der Waals surface area contributed by atoms with E-state index in [1.54, 1.807) is 24.3 Å². The molecule has 0 atom stereocenters. The fraction of sp³-hybridized carbons (Fsp3) is 0.0714. The van der Waals surface area contributed by atoms with Crippen molar-refractivity contribution in [2.75, 3.05) is 5.32 Å². The van der Waals surface area contributed by atoms with Crippen LogP contribution in [0.25, 0.3) is 0 Å². The summed E-state index contributed by atoms with van der Waals surface area (Å²) in [5.74, 6) is -1.83. The van der Waals surface area contributed by atoms with Crippen LogP contribution in [0.1, 0.15) is 15.9 Å². The van der Waals surface area contributed by atoms with Gasteiger partial charge in [-0.15, -0.1) is 0 Å². The smallest absolute Gasteiger partial charge is 0.258 e. The van der Waals surface area contributed by atoms with Crippen molar-refractivity contribution in [3.8, 4) is 0 Å². The molecule has 20 heavy (non-hydrogen) atoms. The van der Waals surface area contributed by atoms with Gasteiger partial charge in [-0.05, 0) is 17.7 Å². The topological polar surface area (TPSA) is 85.1 Å². The number of hydrogen-bond acceptors (Lipinski definition) is 3. The van der Waals surface area contributed by atoms with E-state index in [4.69, 9.17) is 5.73 Å². The molecule has 102 valence electrons. The van der Waals surface area contributed by atoms with Crippen molar-refractivity contribution >= 4 is 17.5 Å². The number of aromatic nitrogens is 1. The summed E-state index contributed by atoms with van der Waals surface area (Å²) in [7, 11) is 0. The quantitative estimate of drug-likeness (QED) is 0.885. The van der Waals surface area contributed by atoms with Crippen molar-refractivity contribution in [2.45, 2.75) is 6.42 Å². The predicted molar refractivity (Wildman–Crippen MR) is 71.5 cm³/mol. The van der Waals surface area contributed by atoms with E-state index in [9.17, 15) is 14.0 Å². The lowest BCUT2D eigenvalue weighted by molar-refractivity contribution is -0.117. The molecule has 0 bridgehead atoms. The molecule has 0 radical (unpaired) electrons. The molecule has 0 saturated heterocycles. The molecule has 0 aliphatic rings. The van der Waals surface area contributed by atoms with E-state index in [0.29, 0.717) is 11.3 Å². The van der Waals surface area contributed by atoms with Gasteiger partial charge in [-0.3, -0.25) is 14.6 Å². The number of halogens is 1. The van der Waals surface area contributed by atoms with Gasteiger partial charge in [-0.2, -0.15) is 0 Å². The van der Waals surface area contributed by atoms with Crippen molar-refractivity contribution in [3.05, 3.63) is 59.7 Å². The molecule has 6 heteroatoms. The second-order valence-corrected chi connectivity index (χ2v) is 4.11. The number of para-hydroxylation sites is 1. The van der Waals surface area contributed by atoms with Crippen LogP contribution >= 0.6 is 0 Å². The highest BCUT2D eigenvalue weighted by molar-refractivity contribution is 6.05. The Balaban J connectivity index is 2.24. The van der Waals surface area contributed by atoms with Crippen LogP contribution in [-0.2, 0) is 11.2 Å². The molecule has 1 heterocycles. The van der Waals surface area contributed by atoms with Gasteiger partial charge in [0.1, 0.15) is 0 Å². The average molecular weight is 273 g/mol. The van der Waals surface area contributed by atoms with Crippen molar-refractivity contribution in [2.24, 2.45) is 5.73 Å². The fourth-order valence-corrected chi connectivity index (χ4v) is 1.73. The van der Waals surface area contributed by atoms with Crippen LogP contribution in [0, 0.1) is 5.82 Å². The number of benzene rings is 1. The number of pyridine rings is 1. The number of rotatable bonds is 4. The number of primary amides is 1. The van der Waals surface area contributed by atoms with Crippen LogP contribution < -0.4 is 11.1 Å². The first-order chi connectivity index (χ1) is 9.58. The highest BCUT2D eigenvalue weighted by Crippen LogP contribution is 2.17. The number of amides is 2. The normalized spacial score (nSPS) is 10.1. The summed E-state index contributed by atoms with van der Waals surface area (Å²) < 4.78 is 13.5. The molecule has 1 aromatic carbocycles. The van der Waals surface area contributed by atoms with Crippen LogP contribution in [0.15, 0.2) is 42.7 Å². The van der Waals surface area contributed by atoms with Gasteiger partial charge in [0, 0.05) is 11.9 Å². The maximum atomic E-state index is 13.5. The minimum Gasteiger partial charge on any atom is -0.369 e. The monoisotopic (exact) mass is 273 g/mol. The van der Waals surface area contributed by atoms with E-state index in [0.717, 1.165) is 6.20 Å². The van der Waals surface area contributed by atoms with E-state index >= 15 is 0 Å². The number of anilines is 1. The zero-order valence-corrected chi connectivity index (χ0v) is 10.5. The first kappa shape index (κ1) is 13.7. The number of nitrogens with zero attached hydrogens (tertiary/aromatic N) is 1. The Kier molecular flexibility index (Phi) is 4.05. The Labute approximate surface area is 114 Å². The van der Waals surface area contributed by atoms with Gasteiger partial charge in [0.05, 0.1) is 18.2 Å². The van der Waals surface area contributed by atoms with Gasteiger partial charge in [-0.1, -0.05) is 18.2 Å². The highest BCUT2D eigenvalue weighted by atomic mass is 19.1. The van der Waals surface area contributed by atoms with E-state index in [2.05, 4.69) is 10.3 Å². The maximum absolute atomic E-state index is 13.5. The second-order valence-electron chi connectivity index (χ2n) is 4.11. The molecule has 0 saturated carbocycles.